The van der Waals surface area contributed by atoms with Crippen LogP contribution in [0, 0.1) is 0 Å². The summed E-state index contributed by atoms with van der Waals surface area (Å²) >= 11 is 10.0. The summed E-state index contributed by atoms with van der Waals surface area (Å²) in [5, 5.41) is 32.0. The molecule has 9 atom stereocenters. The Hall–Kier alpha value is -2.40. The first kappa shape index (κ1) is 31.6. The number of ether oxygens (including phenoxy) is 1. The Labute approximate surface area is 261 Å². The van der Waals surface area contributed by atoms with E-state index in [-0.39, 0.29) is 42.6 Å². The van der Waals surface area contributed by atoms with Gasteiger partial charge in [0.1, 0.15) is 48.9 Å². The standard InChI is InChI=1S/C19H23N11O9P2S3/c20-14-16-22-2-6(29(16)24-5-23-14)8-1-7(31)9(38-8)3-37-41(35,43)39-13-12(32)10(4-36-40(34)42)44-18(13)30-15-11(27-28-30)17(33)26-19(21)25-15/h2,5,7-10,12-13,18,31-32H,1,3-4H2,(H6-,20,21,23,24,25,26,28,33,34,35,42,43)/p+1/t7-,8+,9+,10+,12+,13+,18+,41?/m0/s1. The molecule has 20 nitrogen and oxygen atoms in total. The molecule has 236 valence electrons. The number of nitrogens with one attached hydrogen (secondary N) is 1. The molecule has 8 N–H and O–H groups in total. The second-order valence-corrected chi connectivity index (χ2v) is 15.5. The van der Waals surface area contributed by atoms with Crippen molar-refractivity contribution in [3.63, 3.8) is 0 Å². The SMILES string of the molecule is Nc1nc2c(nnn2[C@@H]2S[C@H](CO[P+](=O)S)[C@@H](O)[C@H]2OP(O)(=S)OC[C@H]2O[C@@H](c3cnc4c(N)ncnn34)C[C@@H]2O)c(=O)[nH]1. The molecule has 6 heterocycles. The molecule has 0 bridgehead atoms. The molecule has 2 aliphatic rings. The van der Waals surface area contributed by atoms with Gasteiger partial charge in [0.25, 0.3) is 5.56 Å². The number of thiol groups is 1. The van der Waals surface area contributed by atoms with Crippen LogP contribution >= 0.6 is 38.0 Å². The van der Waals surface area contributed by atoms with Gasteiger partial charge in [-0.05, 0) is 16.4 Å². The van der Waals surface area contributed by atoms with Gasteiger partial charge in [0.05, 0.1) is 36.0 Å². The van der Waals surface area contributed by atoms with E-state index in [4.69, 9.17) is 41.6 Å². The van der Waals surface area contributed by atoms with E-state index in [0.29, 0.717) is 11.3 Å². The molecule has 0 radical (unpaired) electrons. The molecule has 0 saturated carbocycles. The summed E-state index contributed by atoms with van der Waals surface area (Å²) in [4.78, 5) is 37.8. The van der Waals surface area contributed by atoms with Crippen LogP contribution in [0.3, 0.4) is 0 Å². The summed E-state index contributed by atoms with van der Waals surface area (Å²) in [6.07, 6.45) is -2.32. The van der Waals surface area contributed by atoms with Crippen LogP contribution in [0.4, 0.5) is 11.8 Å². The molecule has 4 aromatic heterocycles. The van der Waals surface area contributed by atoms with Crippen LogP contribution in [0.2, 0.25) is 0 Å². The Balaban J connectivity index is 1.18. The first-order valence-corrected chi connectivity index (χ1v) is 18.4. The summed E-state index contributed by atoms with van der Waals surface area (Å²) in [5.74, 6) is -0.0329. The van der Waals surface area contributed by atoms with E-state index in [1.54, 1.807) is 0 Å². The van der Waals surface area contributed by atoms with Gasteiger partial charge in [-0.2, -0.15) is 10.1 Å². The lowest BCUT2D eigenvalue weighted by molar-refractivity contribution is -0.0296. The third-order valence-electron chi connectivity index (χ3n) is 6.82. The summed E-state index contributed by atoms with van der Waals surface area (Å²) in [7, 11) is -2.29. The van der Waals surface area contributed by atoms with E-state index in [1.807, 2.05) is 0 Å². The number of aromatic nitrogens is 9. The van der Waals surface area contributed by atoms with E-state index in [0.717, 1.165) is 11.8 Å². The number of rotatable bonds is 10. The maximum absolute atomic E-state index is 12.3. The Morgan fingerprint density at radius 1 is 1.30 bits per heavy atom. The van der Waals surface area contributed by atoms with Crippen molar-refractivity contribution in [2.75, 3.05) is 24.7 Å². The molecule has 0 aromatic carbocycles. The number of nitrogen functional groups attached to an aromatic ring is 2. The summed E-state index contributed by atoms with van der Waals surface area (Å²) in [5.41, 5.74) is 11.6. The fraction of sp³-hybridized carbons (Fsp3) is 0.526. The molecular formula is C19H24N11O9P2S3+. The quantitative estimate of drug-likeness (QED) is 0.0784. The molecule has 6 rings (SSSR count). The first-order valence-electron chi connectivity index (χ1n) is 12.6. The van der Waals surface area contributed by atoms with E-state index in [2.05, 4.69) is 47.6 Å². The van der Waals surface area contributed by atoms with Crippen LogP contribution in [-0.2, 0) is 34.7 Å². The van der Waals surface area contributed by atoms with Gasteiger partial charge in [0, 0.05) is 6.42 Å². The normalized spacial score (nSPS) is 29.0. The number of aromatic amines is 1. The molecule has 0 aliphatic carbocycles. The minimum Gasteiger partial charge on any atom is -0.390 e. The number of hydrogen-bond donors (Lipinski definition) is 7. The number of thioether (sulfide) groups is 1. The third-order valence-corrected chi connectivity index (χ3v) is 10.6. The zero-order valence-corrected chi connectivity index (χ0v) is 26.3. The number of aliphatic hydroxyl groups excluding tert-OH is 2. The van der Waals surface area contributed by atoms with Crippen molar-refractivity contribution in [2.24, 2.45) is 0 Å². The number of aliphatic hydroxyl groups is 2. The van der Waals surface area contributed by atoms with Crippen molar-refractivity contribution in [1.29, 1.82) is 0 Å². The van der Waals surface area contributed by atoms with Crippen LogP contribution in [0.5, 0.6) is 0 Å². The number of nitrogens with zero attached hydrogens (tertiary/aromatic N) is 8. The van der Waals surface area contributed by atoms with Crippen LogP contribution < -0.4 is 17.0 Å². The molecule has 2 aliphatic heterocycles. The van der Waals surface area contributed by atoms with Crippen LogP contribution in [0.25, 0.3) is 16.8 Å². The van der Waals surface area contributed by atoms with E-state index >= 15 is 0 Å². The van der Waals surface area contributed by atoms with E-state index in [1.165, 1.54) is 21.7 Å². The predicted molar refractivity (Wildman–Crippen MR) is 160 cm³/mol. The molecule has 0 spiro atoms. The average molecular weight is 709 g/mol. The summed E-state index contributed by atoms with van der Waals surface area (Å²) in [6.45, 7) is -4.73. The van der Waals surface area contributed by atoms with Crippen molar-refractivity contribution in [3.8, 4) is 0 Å². The minimum absolute atomic E-state index is 0.0218. The van der Waals surface area contributed by atoms with Gasteiger partial charge >= 0.3 is 13.9 Å². The third kappa shape index (κ3) is 6.19. The molecule has 0 amide bonds. The van der Waals surface area contributed by atoms with Gasteiger partial charge in [0.2, 0.25) is 5.95 Å². The Morgan fingerprint density at radius 3 is 2.86 bits per heavy atom. The van der Waals surface area contributed by atoms with Crippen LogP contribution in [-0.4, -0.2) is 103 Å². The summed E-state index contributed by atoms with van der Waals surface area (Å²) in [6, 6.07) is 0. The molecule has 4 aromatic rings. The number of H-pyrrole nitrogens is 1. The first-order chi connectivity index (χ1) is 20.9. The van der Waals surface area contributed by atoms with Gasteiger partial charge in [0.15, 0.2) is 22.6 Å². The molecule has 2 unspecified atom stereocenters. The highest BCUT2D eigenvalue weighted by Gasteiger charge is 2.50. The number of anilines is 2. The second-order valence-electron chi connectivity index (χ2n) is 9.61. The molecule has 2 fully saturated rings. The highest BCUT2D eigenvalue weighted by atomic mass is 32.7. The lowest BCUT2D eigenvalue weighted by Gasteiger charge is -2.27. The predicted octanol–water partition coefficient (Wildman–Crippen LogP) is -0.795. The lowest BCUT2D eigenvalue weighted by atomic mass is 10.1. The fourth-order valence-corrected chi connectivity index (χ4v) is 8.37. The lowest BCUT2D eigenvalue weighted by Crippen LogP contribution is -2.35. The van der Waals surface area contributed by atoms with Crippen molar-refractivity contribution >= 4 is 78.3 Å². The Bertz CT molecular complexity index is 1830. The zero-order valence-electron chi connectivity index (χ0n) is 22.0. The fourth-order valence-electron chi connectivity index (χ4n) is 4.83. The highest BCUT2D eigenvalue weighted by molar-refractivity contribution is 8.39. The number of imidazole rings is 1. The van der Waals surface area contributed by atoms with Gasteiger partial charge < -0.3 is 35.8 Å². The van der Waals surface area contributed by atoms with Crippen molar-refractivity contribution in [3.05, 3.63) is 28.6 Å². The van der Waals surface area contributed by atoms with Gasteiger partial charge in [-0.3, -0.25) is 14.3 Å². The maximum Gasteiger partial charge on any atom is 0.582 e. The number of hydrogen-bond acceptors (Lipinski definition) is 18. The smallest absolute Gasteiger partial charge is 0.390 e. The maximum atomic E-state index is 12.3. The average Bonchev–Trinajstić information content (AvgIpc) is 3.72. The highest BCUT2D eigenvalue weighted by Crippen LogP contribution is 2.54. The van der Waals surface area contributed by atoms with Crippen molar-refractivity contribution in [2.45, 2.75) is 47.6 Å². The number of nitrogens with two attached hydrogens (primary N) is 2. The Kier molecular flexibility index (Phi) is 8.91. The minimum atomic E-state index is -4.14. The summed E-state index contributed by atoms with van der Waals surface area (Å²) < 4.78 is 36.5. The second kappa shape index (κ2) is 12.4. The van der Waals surface area contributed by atoms with Gasteiger partial charge in [-0.25, -0.2) is 19.2 Å². The molecule has 25 heteroatoms. The zero-order chi connectivity index (χ0) is 31.3. The van der Waals surface area contributed by atoms with Crippen LogP contribution in [0.15, 0.2) is 17.3 Å². The van der Waals surface area contributed by atoms with Crippen molar-refractivity contribution in [1.82, 2.24) is 44.5 Å². The molecule has 2 saturated heterocycles. The van der Waals surface area contributed by atoms with Gasteiger partial charge in [-0.1, -0.05) is 5.21 Å². The van der Waals surface area contributed by atoms with Crippen molar-refractivity contribution < 1.29 is 38.0 Å². The van der Waals surface area contributed by atoms with E-state index < -0.39 is 60.7 Å². The Morgan fingerprint density at radius 2 is 2.09 bits per heavy atom. The topological polar surface area (TPSA) is 286 Å². The molecular weight excluding hydrogens is 684 g/mol. The monoisotopic (exact) mass is 708 g/mol. The van der Waals surface area contributed by atoms with Crippen LogP contribution in [0.1, 0.15) is 23.6 Å². The van der Waals surface area contributed by atoms with E-state index in [9.17, 15) is 24.5 Å². The largest absolute Gasteiger partial charge is 0.582 e. The molecule has 44 heavy (non-hydrogen) atoms. The van der Waals surface area contributed by atoms with Gasteiger partial charge in [-0.15, -0.1) is 21.4 Å². The number of fused-ring (bicyclic) bond motifs is 2.